The Balaban J connectivity index is 2.84. The fraction of sp³-hybridized carbons (Fsp3) is 0.545. The maximum atomic E-state index is 11.9. The second kappa shape index (κ2) is 7.08. The van der Waals surface area contributed by atoms with E-state index in [-0.39, 0.29) is 16.6 Å². The Morgan fingerprint density at radius 2 is 2.33 bits per heavy atom. The number of rotatable bonds is 5. The fourth-order valence-corrected chi connectivity index (χ4v) is 1.90. The largest absolute Gasteiger partial charge is 0.354 e. The second-order valence-corrected chi connectivity index (χ2v) is 5.32. The van der Waals surface area contributed by atoms with Crippen LogP contribution in [0.2, 0.25) is 5.15 Å². The third-order valence-corrected chi connectivity index (χ3v) is 4.10. The molecule has 1 aromatic heterocycles. The number of nitrogens with one attached hydrogen (secondary N) is 1. The van der Waals surface area contributed by atoms with Gasteiger partial charge in [-0.3, -0.25) is 14.2 Å². The lowest BCUT2D eigenvalue weighted by atomic mass is 10.3. The monoisotopic (exact) mass is 383 g/mol. The van der Waals surface area contributed by atoms with Crippen LogP contribution in [0.25, 0.3) is 0 Å². The average Bonchev–Trinajstić information content (AvgIpc) is 2.35. The van der Waals surface area contributed by atoms with E-state index >= 15 is 0 Å². The standard InChI is InChI=1S/C11H15ClIN3O2/c1-3-4-5-14-10(17)7(2)16-6-15-9(12)8(13)11(16)18/h6-7H,3-5H2,1-2H3,(H,14,17). The van der Waals surface area contributed by atoms with Gasteiger partial charge in [0.1, 0.15) is 14.8 Å². The maximum absolute atomic E-state index is 11.9. The number of halogens is 2. The van der Waals surface area contributed by atoms with Crippen LogP contribution in [0.3, 0.4) is 0 Å². The summed E-state index contributed by atoms with van der Waals surface area (Å²) in [6.07, 6.45) is 3.23. The van der Waals surface area contributed by atoms with Crippen LogP contribution in [0.1, 0.15) is 32.7 Å². The van der Waals surface area contributed by atoms with Gasteiger partial charge in [0.15, 0.2) is 0 Å². The van der Waals surface area contributed by atoms with Gasteiger partial charge in [-0.25, -0.2) is 4.98 Å². The molecule has 1 aromatic rings. The Morgan fingerprint density at radius 3 is 2.94 bits per heavy atom. The smallest absolute Gasteiger partial charge is 0.269 e. The number of hydrogen-bond donors (Lipinski definition) is 1. The van der Waals surface area contributed by atoms with Gasteiger partial charge >= 0.3 is 0 Å². The van der Waals surface area contributed by atoms with E-state index in [0.29, 0.717) is 10.1 Å². The summed E-state index contributed by atoms with van der Waals surface area (Å²) in [5, 5.41) is 2.94. The number of carbonyl (C=O) groups excluding carboxylic acids is 1. The Labute approximate surface area is 124 Å². The lowest BCUT2D eigenvalue weighted by molar-refractivity contribution is -0.123. The molecule has 0 bridgehead atoms. The predicted octanol–water partition coefficient (Wildman–Crippen LogP) is 1.98. The molecule has 0 radical (unpaired) electrons. The molecular weight excluding hydrogens is 368 g/mol. The predicted molar refractivity (Wildman–Crippen MR) is 78.9 cm³/mol. The van der Waals surface area contributed by atoms with Crippen molar-refractivity contribution < 1.29 is 4.79 Å². The fourth-order valence-electron chi connectivity index (χ4n) is 1.36. The Bertz CT molecular complexity index is 490. The highest BCUT2D eigenvalue weighted by Gasteiger charge is 2.18. The summed E-state index contributed by atoms with van der Waals surface area (Å²) in [5.74, 6) is -0.189. The van der Waals surface area contributed by atoms with Crippen molar-refractivity contribution in [2.24, 2.45) is 0 Å². The van der Waals surface area contributed by atoms with Crippen LogP contribution in [-0.4, -0.2) is 22.0 Å². The van der Waals surface area contributed by atoms with Gasteiger partial charge < -0.3 is 5.32 Å². The van der Waals surface area contributed by atoms with Crippen LogP contribution < -0.4 is 10.9 Å². The Kier molecular flexibility index (Phi) is 6.07. The van der Waals surface area contributed by atoms with E-state index in [4.69, 9.17) is 11.6 Å². The van der Waals surface area contributed by atoms with Gasteiger partial charge in [0, 0.05) is 6.54 Å². The third-order valence-electron chi connectivity index (χ3n) is 2.53. The van der Waals surface area contributed by atoms with Crippen molar-refractivity contribution in [3.63, 3.8) is 0 Å². The van der Waals surface area contributed by atoms with E-state index in [1.165, 1.54) is 10.9 Å². The van der Waals surface area contributed by atoms with Gasteiger partial charge in [0.2, 0.25) is 5.91 Å². The zero-order valence-electron chi connectivity index (χ0n) is 10.2. The zero-order valence-corrected chi connectivity index (χ0v) is 13.2. The van der Waals surface area contributed by atoms with Crippen LogP contribution in [-0.2, 0) is 4.79 Å². The molecule has 1 heterocycles. The van der Waals surface area contributed by atoms with Gasteiger partial charge in [-0.15, -0.1) is 0 Å². The van der Waals surface area contributed by atoms with Gasteiger partial charge in [-0.1, -0.05) is 24.9 Å². The summed E-state index contributed by atoms with van der Waals surface area (Å²) in [5.41, 5.74) is -0.297. The number of carbonyl (C=O) groups is 1. The summed E-state index contributed by atoms with van der Waals surface area (Å²) < 4.78 is 1.61. The zero-order chi connectivity index (χ0) is 13.7. The third kappa shape index (κ3) is 3.68. The van der Waals surface area contributed by atoms with E-state index < -0.39 is 6.04 Å². The number of aromatic nitrogens is 2. The van der Waals surface area contributed by atoms with E-state index in [9.17, 15) is 9.59 Å². The van der Waals surface area contributed by atoms with Crippen molar-refractivity contribution in [1.82, 2.24) is 14.9 Å². The average molecular weight is 384 g/mol. The first-order chi connectivity index (χ1) is 8.49. The number of nitrogens with zero attached hydrogens (tertiary/aromatic N) is 2. The molecule has 1 N–H and O–H groups in total. The Morgan fingerprint density at radius 1 is 1.67 bits per heavy atom. The number of amides is 1. The summed E-state index contributed by atoms with van der Waals surface area (Å²) in [4.78, 5) is 27.6. The number of unbranched alkanes of at least 4 members (excludes halogenated alkanes) is 1. The molecule has 0 aliphatic rings. The summed E-state index contributed by atoms with van der Waals surface area (Å²) in [6, 6.07) is -0.590. The van der Waals surface area contributed by atoms with Crippen LogP contribution in [0.15, 0.2) is 11.1 Å². The molecule has 7 heteroatoms. The minimum atomic E-state index is -0.590. The summed E-state index contributed by atoms with van der Waals surface area (Å²) >= 11 is 7.57. The van der Waals surface area contributed by atoms with E-state index in [0.717, 1.165) is 12.8 Å². The topological polar surface area (TPSA) is 64.0 Å². The van der Waals surface area contributed by atoms with Crippen molar-refractivity contribution in [3.8, 4) is 0 Å². The molecule has 18 heavy (non-hydrogen) atoms. The molecule has 1 amide bonds. The number of hydrogen-bond acceptors (Lipinski definition) is 3. The molecule has 1 rings (SSSR count). The quantitative estimate of drug-likeness (QED) is 0.480. The van der Waals surface area contributed by atoms with Crippen molar-refractivity contribution in [1.29, 1.82) is 0 Å². The molecule has 1 unspecified atom stereocenters. The lowest BCUT2D eigenvalue weighted by Crippen LogP contribution is -2.37. The van der Waals surface area contributed by atoms with Gasteiger partial charge in [0.25, 0.3) is 5.56 Å². The summed E-state index contributed by atoms with van der Waals surface area (Å²) in [7, 11) is 0. The molecule has 0 spiro atoms. The van der Waals surface area contributed by atoms with Gasteiger partial charge in [-0.2, -0.15) is 0 Å². The highest BCUT2D eigenvalue weighted by molar-refractivity contribution is 14.1. The second-order valence-electron chi connectivity index (χ2n) is 3.88. The van der Waals surface area contributed by atoms with E-state index in [1.54, 1.807) is 6.92 Å². The van der Waals surface area contributed by atoms with Crippen molar-refractivity contribution in [2.75, 3.05) is 6.54 Å². The van der Waals surface area contributed by atoms with E-state index in [1.807, 2.05) is 29.5 Å². The van der Waals surface area contributed by atoms with Crippen LogP contribution in [0.5, 0.6) is 0 Å². The minimum absolute atomic E-state index is 0.162. The molecule has 0 aliphatic heterocycles. The molecule has 5 nitrogen and oxygen atoms in total. The molecule has 0 saturated carbocycles. The molecule has 1 atom stereocenters. The van der Waals surface area contributed by atoms with Crippen molar-refractivity contribution >= 4 is 40.1 Å². The lowest BCUT2D eigenvalue weighted by Gasteiger charge is -2.15. The maximum Gasteiger partial charge on any atom is 0.269 e. The molecule has 0 saturated heterocycles. The first kappa shape index (κ1) is 15.4. The first-order valence-electron chi connectivity index (χ1n) is 5.68. The highest BCUT2D eigenvalue weighted by atomic mass is 127. The summed E-state index contributed by atoms with van der Waals surface area (Å²) in [6.45, 7) is 4.33. The molecular formula is C11H15ClIN3O2. The van der Waals surface area contributed by atoms with Crippen LogP contribution in [0, 0.1) is 3.57 Å². The van der Waals surface area contributed by atoms with E-state index in [2.05, 4.69) is 10.3 Å². The minimum Gasteiger partial charge on any atom is -0.354 e. The first-order valence-corrected chi connectivity index (χ1v) is 7.14. The van der Waals surface area contributed by atoms with Crippen LogP contribution in [0.4, 0.5) is 0 Å². The normalized spacial score (nSPS) is 12.2. The molecule has 0 fully saturated rings. The SMILES string of the molecule is CCCCNC(=O)C(C)n1cnc(Cl)c(I)c1=O. The molecule has 0 aliphatic carbocycles. The van der Waals surface area contributed by atoms with Gasteiger partial charge in [-0.05, 0) is 35.9 Å². The molecule has 0 aromatic carbocycles. The van der Waals surface area contributed by atoms with Crippen LogP contribution >= 0.6 is 34.2 Å². The highest BCUT2D eigenvalue weighted by Crippen LogP contribution is 2.11. The van der Waals surface area contributed by atoms with Crippen molar-refractivity contribution in [3.05, 3.63) is 25.4 Å². The van der Waals surface area contributed by atoms with Crippen molar-refractivity contribution in [2.45, 2.75) is 32.7 Å². The van der Waals surface area contributed by atoms with Gasteiger partial charge in [0.05, 0.1) is 6.33 Å². The Hall–Kier alpha value is -0.630. The molecule has 100 valence electrons.